The molecule has 5 heteroatoms. The lowest BCUT2D eigenvalue weighted by molar-refractivity contribution is 0.559. The zero-order valence-corrected chi connectivity index (χ0v) is 13.9. The quantitative estimate of drug-likeness (QED) is 0.489. The second-order valence-electron chi connectivity index (χ2n) is 5.12. The average molecular weight is 346 g/mol. The Morgan fingerprint density at radius 1 is 1.13 bits per heavy atom. The lowest BCUT2D eigenvalue weighted by Gasteiger charge is -2.04. The molecule has 0 fully saturated rings. The summed E-state index contributed by atoms with van der Waals surface area (Å²) in [5.41, 5.74) is 2.01. The Balaban J connectivity index is 1.96. The van der Waals surface area contributed by atoms with Crippen LogP contribution in [-0.2, 0) is 6.54 Å². The summed E-state index contributed by atoms with van der Waals surface area (Å²) in [4.78, 5) is 16.6. The summed E-state index contributed by atoms with van der Waals surface area (Å²) in [6.07, 6.45) is 0. The van der Waals surface area contributed by atoms with Gasteiger partial charge in [0.1, 0.15) is 5.58 Å². The number of hydrogen-bond donors (Lipinski definition) is 0. The van der Waals surface area contributed by atoms with E-state index in [9.17, 15) is 4.79 Å². The van der Waals surface area contributed by atoms with Gasteiger partial charge in [0, 0.05) is 21.1 Å². The molecule has 3 rings (SSSR count). The molecule has 0 saturated carbocycles. The summed E-state index contributed by atoms with van der Waals surface area (Å²) in [7, 11) is 0. The van der Waals surface area contributed by atoms with Gasteiger partial charge in [0.2, 0.25) is 0 Å². The first-order chi connectivity index (χ1) is 11.0. The lowest BCUT2D eigenvalue weighted by atomic mass is 10.1. The summed E-state index contributed by atoms with van der Waals surface area (Å²) in [6, 6.07) is 14.4. The molecule has 0 spiro atoms. The first-order valence-electron chi connectivity index (χ1n) is 7.03. The molecule has 0 amide bonds. The van der Waals surface area contributed by atoms with Gasteiger partial charge in [-0.2, -0.15) is 0 Å². The molecular weight excluding hydrogens is 333 g/mol. The fraction of sp³-hybridized carbons (Fsp3) is 0.111. The molecule has 23 heavy (non-hydrogen) atoms. The molecule has 3 aromatic rings. The van der Waals surface area contributed by atoms with E-state index in [1.165, 1.54) is 0 Å². The third-order valence-electron chi connectivity index (χ3n) is 3.53. The molecular formula is C18H13Cl2NO2. The number of para-hydroxylation sites is 1. The second-order valence-corrected chi connectivity index (χ2v) is 5.97. The minimum absolute atomic E-state index is 0.345. The molecule has 0 saturated heterocycles. The normalized spacial score (nSPS) is 11.9. The van der Waals surface area contributed by atoms with Crippen LogP contribution in [-0.4, -0.2) is 5.71 Å². The molecule has 0 atom stereocenters. The predicted molar refractivity (Wildman–Crippen MR) is 94.9 cm³/mol. The van der Waals surface area contributed by atoms with Crippen LogP contribution in [0.4, 0.5) is 0 Å². The van der Waals surface area contributed by atoms with E-state index in [1.807, 2.05) is 18.2 Å². The van der Waals surface area contributed by atoms with Gasteiger partial charge in [0.15, 0.2) is 0 Å². The van der Waals surface area contributed by atoms with Crippen LogP contribution in [0.25, 0.3) is 11.0 Å². The summed E-state index contributed by atoms with van der Waals surface area (Å²) in [6.45, 7) is 2.12. The highest BCUT2D eigenvalue weighted by Crippen LogP contribution is 2.21. The smallest absolute Gasteiger partial charge is 0.345 e. The van der Waals surface area contributed by atoms with Gasteiger partial charge in [-0.25, -0.2) is 4.79 Å². The highest BCUT2D eigenvalue weighted by atomic mass is 35.5. The van der Waals surface area contributed by atoms with Gasteiger partial charge in [-0.15, -0.1) is 0 Å². The maximum Gasteiger partial charge on any atom is 0.345 e. The van der Waals surface area contributed by atoms with Crippen molar-refractivity contribution >= 4 is 39.9 Å². The molecule has 0 unspecified atom stereocenters. The second kappa shape index (κ2) is 6.57. The molecule has 0 radical (unpaired) electrons. The molecule has 3 nitrogen and oxygen atoms in total. The van der Waals surface area contributed by atoms with E-state index < -0.39 is 5.63 Å². The number of rotatable bonds is 3. The van der Waals surface area contributed by atoms with Gasteiger partial charge >= 0.3 is 5.63 Å². The van der Waals surface area contributed by atoms with E-state index >= 15 is 0 Å². The van der Waals surface area contributed by atoms with Gasteiger partial charge in [-0.05, 0) is 42.8 Å². The van der Waals surface area contributed by atoms with Crippen molar-refractivity contribution in [2.75, 3.05) is 0 Å². The van der Waals surface area contributed by atoms with E-state index in [1.54, 1.807) is 37.3 Å². The van der Waals surface area contributed by atoms with E-state index in [0.717, 1.165) is 10.9 Å². The summed E-state index contributed by atoms with van der Waals surface area (Å²) in [5.74, 6) is 0. The van der Waals surface area contributed by atoms with Gasteiger partial charge in [0.25, 0.3) is 0 Å². The Morgan fingerprint density at radius 2 is 1.91 bits per heavy atom. The molecule has 2 aromatic carbocycles. The third kappa shape index (κ3) is 3.46. The van der Waals surface area contributed by atoms with Crippen LogP contribution < -0.4 is 5.63 Å². The van der Waals surface area contributed by atoms with Crippen LogP contribution >= 0.6 is 23.2 Å². The Kier molecular flexibility index (Phi) is 4.51. The van der Waals surface area contributed by atoms with Crippen LogP contribution in [0.15, 0.2) is 62.7 Å². The minimum Gasteiger partial charge on any atom is -0.422 e. The van der Waals surface area contributed by atoms with Crippen molar-refractivity contribution in [1.82, 2.24) is 0 Å². The average Bonchev–Trinajstić information content (AvgIpc) is 2.54. The molecule has 0 aliphatic carbocycles. The summed E-state index contributed by atoms with van der Waals surface area (Å²) >= 11 is 12.1. The summed E-state index contributed by atoms with van der Waals surface area (Å²) in [5, 5.41) is 2.05. The first-order valence-corrected chi connectivity index (χ1v) is 7.78. The number of halogens is 2. The monoisotopic (exact) mass is 345 g/mol. The van der Waals surface area contributed by atoms with E-state index in [0.29, 0.717) is 33.4 Å². The van der Waals surface area contributed by atoms with Gasteiger partial charge in [0.05, 0.1) is 12.1 Å². The van der Waals surface area contributed by atoms with E-state index in [-0.39, 0.29) is 0 Å². The third-order valence-corrected chi connectivity index (χ3v) is 4.13. The predicted octanol–water partition coefficient (Wildman–Crippen LogP) is 5.11. The molecule has 1 heterocycles. The lowest BCUT2D eigenvalue weighted by Crippen LogP contribution is -2.12. The van der Waals surface area contributed by atoms with E-state index in [4.69, 9.17) is 27.6 Å². The van der Waals surface area contributed by atoms with Crippen molar-refractivity contribution in [3.8, 4) is 0 Å². The molecule has 116 valence electrons. The van der Waals surface area contributed by atoms with Crippen LogP contribution in [0.2, 0.25) is 10.0 Å². The van der Waals surface area contributed by atoms with Crippen molar-refractivity contribution in [2.45, 2.75) is 13.5 Å². The van der Waals surface area contributed by atoms with Crippen molar-refractivity contribution in [2.24, 2.45) is 4.99 Å². The standard InChI is InChI=1S/C18H13Cl2NO2/c1-11(21-10-13-8-14(19)6-7-16(13)20)15-9-12-4-2-3-5-17(12)23-18(15)22/h2-9H,10H2,1H3. The number of hydrogen-bond acceptors (Lipinski definition) is 3. The number of fused-ring (bicyclic) bond motifs is 1. The SMILES string of the molecule is CC(=NCc1cc(Cl)ccc1Cl)c1cc2ccccc2oc1=O. The van der Waals surface area contributed by atoms with Gasteiger partial charge in [-0.3, -0.25) is 4.99 Å². The van der Waals surface area contributed by atoms with Crippen LogP contribution in [0.5, 0.6) is 0 Å². The maximum atomic E-state index is 12.1. The minimum atomic E-state index is -0.401. The Bertz CT molecular complexity index is 961. The number of nitrogens with zero attached hydrogens (tertiary/aromatic N) is 1. The molecule has 1 aromatic heterocycles. The topological polar surface area (TPSA) is 42.6 Å². The fourth-order valence-corrected chi connectivity index (χ4v) is 2.64. The fourth-order valence-electron chi connectivity index (χ4n) is 2.27. The molecule has 0 N–H and O–H groups in total. The van der Waals surface area contributed by atoms with Crippen molar-refractivity contribution in [1.29, 1.82) is 0 Å². The van der Waals surface area contributed by atoms with Crippen molar-refractivity contribution in [3.63, 3.8) is 0 Å². The van der Waals surface area contributed by atoms with Crippen LogP contribution in [0.1, 0.15) is 18.1 Å². The van der Waals surface area contributed by atoms with Crippen molar-refractivity contribution < 1.29 is 4.42 Å². The number of benzene rings is 2. The molecule has 0 aliphatic heterocycles. The van der Waals surface area contributed by atoms with E-state index in [2.05, 4.69) is 4.99 Å². The molecule has 0 bridgehead atoms. The van der Waals surface area contributed by atoms with Gasteiger partial charge in [-0.1, -0.05) is 41.4 Å². The highest BCUT2D eigenvalue weighted by Gasteiger charge is 2.08. The molecule has 0 aliphatic rings. The Hall–Kier alpha value is -2.10. The van der Waals surface area contributed by atoms with Crippen LogP contribution in [0, 0.1) is 0 Å². The largest absolute Gasteiger partial charge is 0.422 e. The Morgan fingerprint density at radius 3 is 2.74 bits per heavy atom. The van der Waals surface area contributed by atoms with Crippen molar-refractivity contribution in [3.05, 3.63) is 80.1 Å². The first kappa shape index (κ1) is 15.8. The summed E-state index contributed by atoms with van der Waals surface area (Å²) < 4.78 is 5.33. The zero-order valence-electron chi connectivity index (χ0n) is 12.3. The number of aliphatic imine (C=N–C) groups is 1. The Labute approximate surface area is 143 Å². The maximum absolute atomic E-state index is 12.1. The zero-order chi connectivity index (χ0) is 16.4. The van der Waals surface area contributed by atoms with Crippen LogP contribution in [0.3, 0.4) is 0 Å². The highest BCUT2D eigenvalue weighted by molar-refractivity contribution is 6.33. The van der Waals surface area contributed by atoms with Gasteiger partial charge < -0.3 is 4.42 Å².